The van der Waals surface area contributed by atoms with Crippen LogP contribution in [-0.4, -0.2) is 23.6 Å². The van der Waals surface area contributed by atoms with E-state index < -0.39 is 11.9 Å². The molecule has 0 aliphatic carbocycles. The molecule has 2 atom stereocenters. The summed E-state index contributed by atoms with van der Waals surface area (Å²) in [4.78, 5) is 5.53. The van der Waals surface area contributed by atoms with Crippen LogP contribution in [0.5, 0.6) is 0 Å². The quantitative estimate of drug-likeness (QED) is 0.842. The number of piperidine rings is 1. The van der Waals surface area contributed by atoms with Gasteiger partial charge in [-0.2, -0.15) is 13.2 Å². The monoisotopic (exact) mass is 259 g/mol. The van der Waals surface area contributed by atoms with E-state index >= 15 is 0 Å². The molecule has 0 amide bonds. The molecule has 1 aromatic heterocycles. The minimum Gasteiger partial charge on any atom is -0.367 e. The summed E-state index contributed by atoms with van der Waals surface area (Å²) in [6.45, 7) is 2.78. The van der Waals surface area contributed by atoms with E-state index in [0.717, 1.165) is 31.1 Å². The fraction of sp³-hybridized carbons (Fsp3) is 0.583. The Balaban J connectivity index is 2.15. The van der Waals surface area contributed by atoms with Crippen molar-refractivity contribution in [2.45, 2.75) is 38.0 Å². The Labute approximate surface area is 104 Å². The van der Waals surface area contributed by atoms with Crippen molar-refractivity contribution < 1.29 is 13.2 Å². The first-order valence-electron chi connectivity index (χ1n) is 5.93. The zero-order valence-corrected chi connectivity index (χ0v) is 10.1. The number of alkyl halides is 3. The molecule has 1 aromatic rings. The highest BCUT2D eigenvalue weighted by atomic mass is 19.4. The van der Waals surface area contributed by atoms with Gasteiger partial charge >= 0.3 is 6.18 Å². The standard InChI is InChI=1S/C12H16F3N3/c1-8-6-9(16)4-5-18(8)10-2-3-11(17-7-10)12(13,14)15/h2-3,7-9H,4-6,16H2,1H3. The summed E-state index contributed by atoms with van der Waals surface area (Å²) in [5.74, 6) is 0. The van der Waals surface area contributed by atoms with E-state index in [1.54, 1.807) is 0 Å². The van der Waals surface area contributed by atoms with Gasteiger partial charge in [0.25, 0.3) is 0 Å². The molecule has 1 aliphatic heterocycles. The number of halogens is 3. The van der Waals surface area contributed by atoms with Gasteiger partial charge in [-0.3, -0.25) is 0 Å². The van der Waals surface area contributed by atoms with Crippen molar-refractivity contribution in [2.75, 3.05) is 11.4 Å². The number of anilines is 1. The number of aromatic nitrogens is 1. The lowest BCUT2D eigenvalue weighted by Gasteiger charge is -2.38. The maximum absolute atomic E-state index is 12.4. The predicted molar refractivity (Wildman–Crippen MR) is 63.3 cm³/mol. The van der Waals surface area contributed by atoms with E-state index in [-0.39, 0.29) is 12.1 Å². The molecule has 3 nitrogen and oxygen atoms in total. The summed E-state index contributed by atoms with van der Waals surface area (Å²) in [7, 11) is 0. The van der Waals surface area contributed by atoms with Gasteiger partial charge in [-0.1, -0.05) is 0 Å². The van der Waals surface area contributed by atoms with Crippen LogP contribution < -0.4 is 10.6 Å². The van der Waals surface area contributed by atoms with Crippen LogP contribution in [0.15, 0.2) is 18.3 Å². The first-order valence-corrected chi connectivity index (χ1v) is 5.93. The van der Waals surface area contributed by atoms with Gasteiger partial charge in [-0.05, 0) is 31.9 Å². The third kappa shape index (κ3) is 2.75. The Morgan fingerprint density at radius 3 is 2.61 bits per heavy atom. The summed E-state index contributed by atoms with van der Waals surface area (Å²) in [5.41, 5.74) is 5.73. The fourth-order valence-electron chi connectivity index (χ4n) is 2.32. The third-order valence-electron chi connectivity index (χ3n) is 3.29. The van der Waals surface area contributed by atoms with E-state index in [9.17, 15) is 13.2 Å². The van der Waals surface area contributed by atoms with Gasteiger partial charge in [0, 0.05) is 18.6 Å². The van der Waals surface area contributed by atoms with Crippen molar-refractivity contribution in [2.24, 2.45) is 5.73 Å². The SMILES string of the molecule is CC1CC(N)CCN1c1ccc(C(F)(F)F)nc1. The van der Waals surface area contributed by atoms with Crippen LogP contribution in [0.2, 0.25) is 0 Å². The lowest BCUT2D eigenvalue weighted by atomic mass is 9.99. The molecular weight excluding hydrogens is 243 g/mol. The summed E-state index contributed by atoms with van der Waals surface area (Å²) >= 11 is 0. The maximum Gasteiger partial charge on any atom is 0.433 e. The molecule has 2 rings (SSSR count). The van der Waals surface area contributed by atoms with Gasteiger partial charge in [0.15, 0.2) is 0 Å². The van der Waals surface area contributed by atoms with Crippen LogP contribution in [0.1, 0.15) is 25.5 Å². The lowest BCUT2D eigenvalue weighted by molar-refractivity contribution is -0.141. The Morgan fingerprint density at radius 2 is 2.11 bits per heavy atom. The zero-order valence-electron chi connectivity index (χ0n) is 10.1. The van der Waals surface area contributed by atoms with E-state index in [4.69, 9.17) is 5.73 Å². The van der Waals surface area contributed by atoms with Gasteiger partial charge in [0.05, 0.1) is 11.9 Å². The summed E-state index contributed by atoms with van der Waals surface area (Å²) in [6, 6.07) is 2.91. The van der Waals surface area contributed by atoms with Crippen LogP contribution in [0.4, 0.5) is 18.9 Å². The molecule has 0 saturated carbocycles. The number of pyridine rings is 1. The van der Waals surface area contributed by atoms with E-state index in [1.165, 1.54) is 12.3 Å². The van der Waals surface area contributed by atoms with Crippen molar-refractivity contribution in [3.05, 3.63) is 24.0 Å². The topological polar surface area (TPSA) is 42.1 Å². The Hall–Kier alpha value is -1.30. The van der Waals surface area contributed by atoms with E-state index in [2.05, 4.69) is 9.88 Å². The summed E-state index contributed by atoms with van der Waals surface area (Å²) < 4.78 is 37.2. The number of rotatable bonds is 1. The van der Waals surface area contributed by atoms with Crippen molar-refractivity contribution in [1.82, 2.24) is 4.98 Å². The molecule has 1 aliphatic rings. The molecule has 0 bridgehead atoms. The molecule has 2 heterocycles. The highest BCUT2D eigenvalue weighted by Crippen LogP contribution is 2.30. The van der Waals surface area contributed by atoms with Gasteiger partial charge in [0.1, 0.15) is 5.69 Å². The van der Waals surface area contributed by atoms with Crippen LogP contribution in [0.3, 0.4) is 0 Å². The number of hydrogen-bond donors (Lipinski definition) is 1. The summed E-state index contributed by atoms with van der Waals surface area (Å²) in [5, 5.41) is 0. The Morgan fingerprint density at radius 1 is 1.39 bits per heavy atom. The van der Waals surface area contributed by atoms with E-state index in [1.807, 2.05) is 6.92 Å². The van der Waals surface area contributed by atoms with Crippen molar-refractivity contribution in [3.8, 4) is 0 Å². The second kappa shape index (κ2) is 4.76. The molecule has 1 saturated heterocycles. The molecule has 6 heteroatoms. The first kappa shape index (κ1) is 13.1. The highest BCUT2D eigenvalue weighted by Gasteiger charge is 2.32. The second-order valence-corrected chi connectivity index (χ2v) is 4.73. The van der Waals surface area contributed by atoms with Gasteiger partial charge in [-0.15, -0.1) is 0 Å². The average molecular weight is 259 g/mol. The minimum atomic E-state index is -4.38. The largest absolute Gasteiger partial charge is 0.433 e. The molecule has 1 fully saturated rings. The minimum absolute atomic E-state index is 0.179. The average Bonchev–Trinajstić information content (AvgIpc) is 2.28. The molecule has 0 spiro atoms. The van der Waals surface area contributed by atoms with E-state index in [0.29, 0.717) is 0 Å². The molecule has 18 heavy (non-hydrogen) atoms. The van der Waals surface area contributed by atoms with Crippen molar-refractivity contribution in [3.63, 3.8) is 0 Å². The Kier molecular flexibility index (Phi) is 3.47. The summed E-state index contributed by atoms with van der Waals surface area (Å²) in [6.07, 6.45) is -1.39. The molecule has 2 unspecified atom stereocenters. The van der Waals surface area contributed by atoms with Crippen LogP contribution in [0.25, 0.3) is 0 Å². The Bertz CT molecular complexity index is 402. The van der Waals surface area contributed by atoms with Crippen LogP contribution >= 0.6 is 0 Å². The highest BCUT2D eigenvalue weighted by molar-refractivity contribution is 5.46. The third-order valence-corrected chi connectivity index (χ3v) is 3.29. The molecule has 0 radical (unpaired) electrons. The van der Waals surface area contributed by atoms with Gasteiger partial charge in [-0.25, -0.2) is 4.98 Å². The van der Waals surface area contributed by atoms with Crippen LogP contribution in [0, 0.1) is 0 Å². The number of nitrogens with zero attached hydrogens (tertiary/aromatic N) is 2. The first-order chi connectivity index (χ1) is 8.38. The molecular formula is C12H16F3N3. The second-order valence-electron chi connectivity index (χ2n) is 4.73. The zero-order chi connectivity index (χ0) is 13.3. The lowest BCUT2D eigenvalue weighted by Crippen LogP contribution is -2.45. The molecule has 2 N–H and O–H groups in total. The maximum atomic E-state index is 12.4. The van der Waals surface area contributed by atoms with Crippen LogP contribution in [-0.2, 0) is 6.18 Å². The van der Waals surface area contributed by atoms with Gasteiger partial charge < -0.3 is 10.6 Å². The van der Waals surface area contributed by atoms with Crippen molar-refractivity contribution >= 4 is 5.69 Å². The fourth-order valence-corrected chi connectivity index (χ4v) is 2.32. The smallest absolute Gasteiger partial charge is 0.367 e. The van der Waals surface area contributed by atoms with Gasteiger partial charge in [0.2, 0.25) is 0 Å². The molecule has 100 valence electrons. The van der Waals surface area contributed by atoms with Crippen molar-refractivity contribution in [1.29, 1.82) is 0 Å². The number of hydrogen-bond acceptors (Lipinski definition) is 3. The predicted octanol–water partition coefficient (Wildman–Crippen LogP) is 2.42. The normalized spacial score (nSPS) is 25.3. The number of nitrogens with two attached hydrogens (primary N) is 1. The molecule has 0 aromatic carbocycles.